The molecule has 1 rings (SSSR count). The van der Waals surface area contributed by atoms with Gasteiger partial charge in [0.1, 0.15) is 30.5 Å². The first kappa shape index (κ1) is 53.6. The first-order chi connectivity index (χ1) is 28.4. The summed E-state index contributed by atoms with van der Waals surface area (Å²) in [5, 5.41) is 40.1. The standard InChI is InChI=1S/C49H84O9/c1-3-5-7-9-11-13-15-17-19-21-23-25-27-29-31-33-35-37-39-55-41-43(42-56-49-48(54)47(53)46(52)44(40-50)58-49)57-45(51)38-36-34-32-30-28-26-24-22-20-18-16-14-12-10-8-6-4-2/h5,7,11,13,17-20,23,25,29,31,43-44,46-50,52-54H,3-4,6,8-10,12,14-16,21-22,24,26-28,30,32-42H2,1-2H3/b7-5-,13-11-,19-17-,20-18-,25-23-,31-29-. The van der Waals surface area contributed by atoms with Crippen LogP contribution in [0.15, 0.2) is 72.9 Å². The summed E-state index contributed by atoms with van der Waals surface area (Å²) in [6, 6.07) is 0. The zero-order valence-electron chi connectivity index (χ0n) is 36.5. The van der Waals surface area contributed by atoms with Crippen LogP contribution in [0.1, 0.15) is 168 Å². The summed E-state index contributed by atoms with van der Waals surface area (Å²) in [7, 11) is 0. The molecular weight excluding hydrogens is 733 g/mol. The van der Waals surface area contributed by atoms with E-state index in [1.807, 2.05) is 0 Å². The summed E-state index contributed by atoms with van der Waals surface area (Å²) < 4.78 is 22.8. The van der Waals surface area contributed by atoms with Gasteiger partial charge in [-0.25, -0.2) is 0 Å². The lowest BCUT2D eigenvalue weighted by atomic mass is 9.99. The summed E-state index contributed by atoms with van der Waals surface area (Å²) in [5.74, 6) is -0.336. The highest BCUT2D eigenvalue weighted by Gasteiger charge is 2.44. The summed E-state index contributed by atoms with van der Waals surface area (Å²) in [5.41, 5.74) is 0. The largest absolute Gasteiger partial charge is 0.457 e. The molecule has 0 radical (unpaired) electrons. The van der Waals surface area contributed by atoms with Crippen molar-refractivity contribution in [2.45, 2.75) is 205 Å². The van der Waals surface area contributed by atoms with E-state index in [-0.39, 0.29) is 19.2 Å². The third kappa shape index (κ3) is 30.6. The van der Waals surface area contributed by atoms with E-state index in [2.05, 4.69) is 86.8 Å². The topological polar surface area (TPSA) is 135 Å². The lowest BCUT2D eigenvalue weighted by molar-refractivity contribution is -0.305. The van der Waals surface area contributed by atoms with Crippen molar-refractivity contribution >= 4 is 5.97 Å². The number of aliphatic hydroxyl groups is 4. The molecule has 0 aromatic heterocycles. The van der Waals surface area contributed by atoms with E-state index in [1.165, 1.54) is 70.6 Å². The Labute approximate surface area is 353 Å². The molecule has 9 nitrogen and oxygen atoms in total. The molecule has 6 atom stereocenters. The molecule has 1 saturated heterocycles. The molecule has 1 aliphatic heterocycles. The van der Waals surface area contributed by atoms with E-state index in [1.54, 1.807) is 0 Å². The second kappa shape index (κ2) is 40.1. The van der Waals surface area contributed by atoms with E-state index in [9.17, 15) is 25.2 Å². The maximum Gasteiger partial charge on any atom is 0.306 e. The van der Waals surface area contributed by atoms with Gasteiger partial charge in [0, 0.05) is 13.0 Å². The van der Waals surface area contributed by atoms with Gasteiger partial charge in [-0.2, -0.15) is 0 Å². The SMILES string of the molecule is CC/C=C\C/C=C\C/C=C\C/C=C\C/C=C\CCCCOCC(COC1OC(CO)C(O)C(O)C1O)OC(=O)CCCCCCCCC/C=C\CCCCCCCC. The van der Waals surface area contributed by atoms with E-state index >= 15 is 0 Å². The van der Waals surface area contributed by atoms with Crippen molar-refractivity contribution in [3.05, 3.63) is 72.9 Å². The molecule has 0 aromatic rings. The van der Waals surface area contributed by atoms with Crippen LogP contribution in [-0.2, 0) is 23.7 Å². The van der Waals surface area contributed by atoms with E-state index in [0.717, 1.165) is 77.0 Å². The predicted octanol–water partition coefficient (Wildman–Crippen LogP) is 10.5. The minimum atomic E-state index is -1.55. The van der Waals surface area contributed by atoms with Gasteiger partial charge in [-0.05, 0) is 83.5 Å². The number of allylic oxidation sites excluding steroid dienone is 12. The van der Waals surface area contributed by atoms with Gasteiger partial charge < -0.3 is 39.4 Å². The second-order valence-electron chi connectivity index (χ2n) is 15.5. The van der Waals surface area contributed by atoms with Crippen LogP contribution in [0.5, 0.6) is 0 Å². The molecule has 0 amide bonds. The van der Waals surface area contributed by atoms with E-state index in [4.69, 9.17) is 18.9 Å². The molecule has 1 fully saturated rings. The number of rotatable bonds is 38. The first-order valence-electron chi connectivity index (χ1n) is 23.0. The third-order valence-electron chi connectivity index (χ3n) is 10.1. The number of esters is 1. The van der Waals surface area contributed by atoms with Crippen LogP contribution >= 0.6 is 0 Å². The van der Waals surface area contributed by atoms with Crippen LogP contribution in [0.3, 0.4) is 0 Å². The van der Waals surface area contributed by atoms with Crippen molar-refractivity contribution in [3.63, 3.8) is 0 Å². The quantitative estimate of drug-likeness (QED) is 0.0273. The normalized spacial score (nSPS) is 21.0. The summed E-state index contributed by atoms with van der Waals surface area (Å²) in [6.45, 7) is 4.32. The molecular formula is C49H84O9. The molecule has 0 saturated carbocycles. The maximum absolute atomic E-state index is 12.8. The van der Waals surface area contributed by atoms with E-state index < -0.39 is 43.4 Å². The molecule has 6 unspecified atom stereocenters. The fraction of sp³-hybridized carbons (Fsp3) is 0.735. The number of hydrogen-bond acceptors (Lipinski definition) is 9. The lowest BCUT2D eigenvalue weighted by Crippen LogP contribution is -2.59. The Hall–Kier alpha value is -2.37. The summed E-state index contributed by atoms with van der Waals surface area (Å²) >= 11 is 0. The fourth-order valence-corrected chi connectivity index (χ4v) is 6.51. The van der Waals surface area contributed by atoms with Crippen molar-refractivity contribution in [1.82, 2.24) is 0 Å². The number of unbranched alkanes of at least 4 members (excludes halogenated alkanes) is 15. The van der Waals surface area contributed by atoms with Gasteiger partial charge in [-0.1, -0.05) is 151 Å². The van der Waals surface area contributed by atoms with Crippen molar-refractivity contribution < 1.29 is 44.2 Å². The van der Waals surface area contributed by atoms with Crippen molar-refractivity contribution in [2.75, 3.05) is 26.4 Å². The molecule has 9 heteroatoms. The Balaban J connectivity index is 2.31. The second-order valence-corrected chi connectivity index (χ2v) is 15.5. The van der Waals surface area contributed by atoms with Gasteiger partial charge in [-0.15, -0.1) is 0 Å². The summed E-state index contributed by atoms with van der Waals surface area (Å²) in [6.07, 6.45) is 45.0. The Morgan fingerprint density at radius 2 is 1.05 bits per heavy atom. The number of carbonyl (C=O) groups excluding carboxylic acids is 1. The fourth-order valence-electron chi connectivity index (χ4n) is 6.51. The van der Waals surface area contributed by atoms with Gasteiger partial charge in [0.05, 0.1) is 19.8 Å². The zero-order chi connectivity index (χ0) is 42.2. The molecule has 1 heterocycles. The molecule has 0 bridgehead atoms. The van der Waals surface area contributed by atoms with Crippen molar-refractivity contribution in [3.8, 4) is 0 Å². The molecule has 0 aromatic carbocycles. The minimum Gasteiger partial charge on any atom is -0.457 e. The van der Waals surface area contributed by atoms with Crippen LogP contribution in [0.25, 0.3) is 0 Å². The van der Waals surface area contributed by atoms with Gasteiger partial charge in [0.15, 0.2) is 6.29 Å². The number of carbonyl (C=O) groups is 1. The van der Waals surface area contributed by atoms with Crippen LogP contribution in [0.4, 0.5) is 0 Å². The first-order valence-corrected chi connectivity index (χ1v) is 23.0. The maximum atomic E-state index is 12.8. The van der Waals surface area contributed by atoms with E-state index in [0.29, 0.717) is 13.0 Å². The number of ether oxygens (including phenoxy) is 4. The molecule has 58 heavy (non-hydrogen) atoms. The Morgan fingerprint density at radius 1 is 0.569 bits per heavy atom. The minimum absolute atomic E-state index is 0.110. The predicted molar refractivity (Wildman–Crippen MR) is 237 cm³/mol. The van der Waals surface area contributed by atoms with Gasteiger partial charge in [0.25, 0.3) is 0 Å². The molecule has 4 N–H and O–H groups in total. The summed E-state index contributed by atoms with van der Waals surface area (Å²) in [4.78, 5) is 12.8. The highest BCUT2D eigenvalue weighted by molar-refractivity contribution is 5.69. The Morgan fingerprint density at radius 3 is 1.60 bits per heavy atom. The van der Waals surface area contributed by atoms with Gasteiger partial charge in [-0.3, -0.25) is 4.79 Å². The average molecular weight is 817 g/mol. The van der Waals surface area contributed by atoms with Crippen molar-refractivity contribution in [1.29, 1.82) is 0 Å². The monoisotopic (exact) mass is 817 g/mol. The molecule has 0 aliphatic carbocycles. The van der Waals surface area contributed by atoms with Crippen LogP contribution in [0.2, 0.25) is 0 Å². The highest BCUT2D eigenvalue weighted by Crippen LogP contribution is 2.22. The number of hydrogen-bond donors (Lipinski definition) is 4. The Kier molecular flexibility index (Phi) is 37.1. The number of aliphatic hydroxyl groups excluding tert-OH is 4. The van der Waals surface area contributed by atoms with Crippen LogP contribution < -0.4 is 0 Å². The molecule has 334 valence electrons. The molecule has 1 aliphatic rings. The van der Waals surface area contributed by atoms with Crippen LogP contribution in [-0.4, -0.2) is 89.6 Å². The van der Waals surface area contributed by atoms with Crippen LogP contribution in [0, 0.1) is 0 Å². The lowest BCUT2D eigenvalue weighted by Gasteiger charge is -2.39. The van der Waals surface area contributed by atoms with Crippen molar-refractivity contribution in [2.24, 2.45) is 0 Å². The van der Waals surface area contributed by atoms with Gasteiger partial charge >= 0.3 is 5.97 Å². The van der Waals surface area contributed by atoms with Gasteiger partial charge in [0.2, 0.25) is 0 Å². The third-order valence-corrected chi connectivity index (χ3v) is 10.1. The average Bonchev–Trinajstić information content (AvgIpc) is 3.22. The molecule has 0 spiro atoms. The highest BCUT2D eigenvalue weighted by atomic mass is 16.7. The smallest absolute Gasteiger partial charge is 0.306 e. The zero-order valence-corrected chi connectivity index (χ0v) is 36.5. The Bertz CT molecular complexity index is 1110.